The highest BCUT2D eigenvalue weighted by molar-refractivity contribution is 6.31. The Balaban J connectivity index is 2.64. The molecule has 0 unspecified atom stereocenters. The lowest BCUT2D eigenvalue weighted by atomic mass is 10.2. The van der Waals surface area contributed by atoms with Crippen LogP contribution in [-0.4, -0.2) is 29.1 Å². The van der Waals surface area contributed by atoms with Crippen LogP contribution >= 0.6 is 11.6 Å². The number of esters is 1. The molecule has 0 aliphatic carbocycles. The number of pyridine rings is 1. The fourth-order valence-corrected chi connectivity index (χ4v) is 1.38. The standard InChI is InChI=1S/C12H15ClN2O4/c1-12(2,3)19-9(16)6-18-8-5-4-7(11(14)17)15-10(8)13/h4-5H,6H2,1-3H3,(H2,14,17). The second-order valence-corrected chi connectivity index (χ2v) is 5.08. The van der Waals surface area contributed by atoms with Gasteiger partial charge >= 0.3 is 5.97 Å². The molecule has 0 bridgehead atoms. The van der Waals surface area contributed by atoms with Gasteiger partial charge in [0.05, 0.1) is 0 Å². The number of carbonyl (C=O) groups excluding carboxylic acids is 2. The minimum Gasteiger partial charge on any atom is -0.479 e. The van der Waals surface area contributed by atoms with Crippen molar-refractivity contribution in [1.29, 1.82) is 0 Å². The third-order valence-electron chi connectivity index (χ3n) is 1.83. The van der Waals surface area contributed by atoms with Crippen molar-refractivity contribution < 1.29 is 19.1 Å². The minimum absolute atomic E-state index is 0.0228. The fourth-order valence-electron chi connectivity index (χ4n) is 1.17. The van der Waals surface area contributed by atoms with Gasteiger partial charge in [-0.15, -0.1) is 0 Å². The lowest BCUT2D eigenvalue weighted by Gasteiger charge is -2.19. The van der Waals surface area contributed by atoms with E-state index in [0.717, 1.165) is 0 Å². The van der Waals surface area contributed by atoms with E-state index in [2.05, 4.69) is 4.98 Å². The summed E-state index contributed by atoms with van der Waals surface area (Å²) in [4.78, 5) is 26.0. The predicted octanol–water partition coefficient (Wildman–Crippen LogP) is 1.55. The Morgan fingerprint density at radius 1 is 1.37 bits per heavy atom. The molecule has 19 heavy (non-hydrogen) atoms. The van der Waals surface area contributed by atoms with Gasteiger partial charge in [0.15, 0.2) is 17.5 Å². The molecule has 2 N–H and O–H groups in total. The van der Waals surface area contributed by atoms with Crippen LogP contribution in [0.15, 0.2) is 12.1 Å². The van der Waals surface area contributed by atoms with E-state index in [4.69, 9.17) is 26.8 Å². The lowest BCUT2D eigenvalue weighted by Crippen LogP contribution is -2.27. The Kier molecular flexibility index (Phi) is 4.72. The molecule has 1 aromatic heterocycles. The van der Waals surface area contributed by atoms with E-state index in [1.54, 1.807) is 20.8 Å². The first kappa shape index (κ1) is 15.2. The highest BCUT2D eigenvalue weighted by Gasteiger charge is 2.17. The quantitative estimate of drug-likeness (QED) is 0.670. The lowest BCUT2D eigenvalue weighted by molar-refractivity contribution is -0.157. The molecule has 0 spiro atoms. The molecular formula is C12H15ClN2O4. The third kappa shape index (κ3) is 5.13. The number of nitrogens with two attached hydrogens (primary N) is 1. The Hall–Kier alpha value is -1.82. The molecule has 1 rings (SSSR count). The summed E-state index contributed by atoms with van der Waals surface area (Å²) in [7, 11) is 0. The molecule has 1 heterocycles. The number of amides is 1. The third-order valence-corrected chi connectivity index (χ3v) is 2.10. The molecule has 1 amide bonds. The smallest absolute Gasteiger partial charge is 0.344 e. The molecule has 0 radical (unpaired) electrons. The van der Waals surface area contributed by atoms with Gasteiger partial charge < -0.3 is 15.2 Å². The van der Waals surface area contributed by atoms with E-state index in [0.29, 0.717) is 0 Å². The van der Waals surface area contributed by atoms with Crippen LogP contribution in [0.2, 0.25) is 5.15 Å². The number of carbonyl (C=O) groups is 2. The van der Waals surface area contributed by atoms with Gasteiger partial charge in [0, 0.05) is 0 Å². The predicted molar refractivity (Wildman–Crippen MR) is 69.1 cm³/mol. The summed E-state index contributed by atoms with van der Waals surface area (Å²) >= 11 is 5.79. The van der Waals surface area contributed by atoms with Crippen molar-refractivity contribution in [3.8, 4) is 5.75 Å². The first-order chi connectivity index (χ1) is 8.69. The van der Waals surface area contributed by atoms with Crippen molar-refractivity contribution in [3.05, 3.63) is 23.0 Å². The maximum absolute atomic E-state index is 11.4. The van der Waals surface area contributed by atoms with Crippen LogP contribution in [0.5, 0.6) is 5.75 Å². The van der Waals surface area contributed by atoms with Crippen molar-refractivity contribution in [2.24, 2.45) is 5.73 Å². The van der Waals surface area contributed by atoms with Crippen LogP contribution in [0.25, 0.3) is 0 Å². The highest BCUT2D eigenvalue weighted by atomic mass is 35.5. The van der Waals surface area contributed by atoms with Crippen LogP contribution in [0.1, 0.15) is 31.3 Å². The first-order valence-electron chi connectivity index (χ1n) is 5.50. The van der Waals surface area contributed by atoms with Gasteiger partial charge in [-0.05, 0) is 32.9 Å². The van der Waals surface area contributed by atoms with Gasteiger partial charge in [-0.3, -0.25) is 4.79 Å². The number of halogens is 1. The van der Waals surface area contributed by atoms with E-state index in [-0.39, 0.29) is 23.2 Å². The monoisotopic (exact) mass is 286 g/mol. The van der Waals surface area contributed by atoms with Crippen molar-refractivity contribution in [3.63, 3.8) is 0 Å². The van der Waals surface area contributed by atoms with E-state index in [1.807, 2.05) is 0 Å². The Bertz CT molecular complexity index is 497. The van der Waals surface area contributed by atoms with Crippen LogP contribution in [0.4, 0.5) is 0 Å². The number of ether oxygens (including phenoxy) is 2. The van der Waals surface area contributed by atoms with Crippen molar-refractivity contribution in [2.45, 2.75) is 26.4 Å². The molecular weight excluding hydrogens is 272 g/mol. The first-order valence-corrected chi connectivity index (χ1v) is 5.88. The average molecular weight is 287 g/mol. The van der Waals surface area contributed by atoms with Gasteiger partial charge in [0.2, 0.25) is 0 Å². The van der Waals surface area contributed by atoms with Gasteiger partial charge in [0.1, 0.15) is 11.3 Å². The van der Waals surface area contributed by atoms with E-state index in [9.17, 15) is 9.59 Å². The number of rotatable bonds is 4. The molecule has 0 atom stereocenters. The summed E-state index contributed by atoms with van der Waals surface area (Å²) in [5.41, 5.74) is 4.49. The molecule has 0 aliphatic rings. The zero-order valence-electron chi connectivity index (χ0n) is 10.9. The Labute approximate surface area is 115 Å². The summed E-state index contributed by atoms with van der Waals surface area (Å²) in [5, 5.41) is -0.0418. The molecule has 0 aliphatic heterocycles. The highest BCUT2D eigenvalue weighted by Crippen LogP contribution is 2.22. The number of hydrogen-bond donors (Lipinski definition) is 1. The second kappa shape index (κ2) is 5.88. The minimum atomic E-state index is -0.694. The van der Waals surface area contributed by atoms with E-state index in [1.165, 1.54) is 12.1 Å². The maximum Gasteiger partial charge on any atom is 0.344 e. The molecule has 0 saturated carbocycles. The number of primary amides is 1. The summed E-state index contributed by atoms with van der Waals surface area (Å²) in [6.07, 6.45) is 0. The van der Waals surface area contributed by atoms with Crippen molar-refractivity contribution in [2.75, 3.05) is 6.61 Å². The Morgan fingerprint density at radius 3 is 2.47 bits per heavy atom. The Morgan fingerprint density at radius 2 is 2.00 bits per heavy atom. The average Bonchev–Trinajstić information content (AvgIpc) is 2.24. The van der Waals surface area contributed by atoms with E-state index < -0.39 is 17.5 Å². The van der Waals surface area contributed by atoms with Crippen molar-refractivity contribution in [1.82, 2.24) is 4.98 Å². The molecule has 104 valence electrons. The fraction of sp³-hybridized carbons (Fsp3) is 0.417. The molecule has 7 heteroatoms. The maximum atomic E-state index is 11.4. The summed E-state index contributed by atoms with van der Waals surface area (Å²) in [5.74, 6) is -1.04. The van der Waals surface area contributed by atoms with Gasteiger partial charge in [-0.25, -0.2) is 9.78 Å². The molecule has 1 aromatic rings. The van der Waals surface area contributed by atoms with Crippen molar-refractivity contribution >= 4 is 23.5 Å². The topological polar surface area (TPSA) is 91.5 Å². The number of aromatic nitrogens is 1. The van der Waals surface area contributed by atoms with Gasteiger partial charge in [-0.1, -0.05) is 11.6 Å². The second-order valence-electron chi connectivity index (χ2n) is 4.72. The molecule has 0 saturated heterocycles. The van der Waals surface area contributed by atoms with Crippen LogP contribution < -0.4 is 10.5 Å². The van der Waals surface area contributed by atoms with Gasteiger partial charge in [0.25, 0.3) is 5.91 Å². The van der Waals surface area contributed by atoms with Crippen LogP contribution in [-0.2, 0) is 9.53 Å². The zero-order chi connectivity index (χ0) is 14.6. The molecule has 0 aromatic carbocycles. The SMILES string of the molecule is CC(C)(C)OC(=O)COc1ccc(C(N)=O)nc1Cl. The van der Waals surface area contributed by atoms with Crippen LogP contribution in [0.3, 0.4) is 0 Å². The summed E-state index contributed by atoms with van der Waals surface area (Å²) < 4.78 is 10.2. The van der Waals surface area contributed by atoms with E-state index >= 15 is 0 Å². The van der Waals surface area contributed by atoms with Gasteiger partial charge in [-0.2, -0.15) is 0 Å². The molecule has 6 nitrogen and oxygen atoms in total. The normalized spacial score (nSPS) is 10.9. The number of hydrogen-bond acceptors (Lipinski definition) is 5. The molecule has 0 fully saturated rings. The zero-order valence-corrected chi connectivity index (χ0v) is 11.7. The number of nitrogens with zero attached hydrogens (tertiary/aromatic N) is 1. The largest absolute Gasteiger partial charge is 0.479 e. The summed E-state index contributed by atoms with van der Waals surface area (Å²) in [6, 6.07) is 2.78. The summed E-state index contributed by atoms with van der Waals surface area (Å²) in [6.45, 7) is 4.96. The van der Waals surface area contributed by atoms with Crippen LogP contribution in [0, 0.1) is 0 Å².